The van der Waals surface area contributed by atoms with E-state index in [1.807, 2.05) is 19.9 Å². The fraction of sp³-hybridized carbons (Fsp3) is 0.333. The second kappa shape index (κ2) is 3.27. The predicted molar refractivity (Wildman–Crippen MR) is 56.9 cm³/mol. The maximum atomic E-state index is 11.3. The molecule has 13 heavy (non-hydrogen) atoms. The van der Waals surface area contributed by atoms with Gasteiger partial charge in [-0.3, -0.25) is 0 Å². The van der Waals surface area contributed by atoms with Gasteiger partial charge in [0.1, 0.15) is 4.21 Å². The summed E-state index contributed by atoms with van der Waals surface area (Å²) in [4.78, 5) is 0.999. The zero-order valence-electron chi connectivity index (χ0n) is 7.92. The lowest BCUT2D eigenvalue weighted by Gasteiger charge is -1.98. The number of hydrogen-bond donors (Lipinski definition) is 0. The van der Waals surface area contributed by atoms with Crippen LogP contribution in [0.15, 0.2) is 16.9 Å². The number of hydrogen-bond acceptors (Lipinski definition) is 3. The first-order valence-corrected chi connectivity index (χ1v) is 6.49. The van der Waals surface area contributed by atoms with Crippen LogP contribution in [0.2, 0.25) is 0 Å². The molecule has 0 radical (unpaired) electrons. The van der Waals surface area contributed by atoms with Crippen molar-refractivity contribution in [2.75, 3.05) is 6.26 Å². The highest BCUT2D eigenvalue weighted by Crippen LogP contribution is 2.30. The van der Waals surface area contributed by atoms with Crippen LogP contribution in [0.4, 0.5) is 0 Å². The molecule has 0 N–H and O–H groups in total. The molecule has 0 bridgehead atoms. The maximum Gasteiger partial charge on any atom is 0.185 e. The third-order valence-electron chi connectivity index (χ3n) is 1.62. The van der Waals surface area contributed by atoms with Crippen molar-refractivity contribution in [2.24, 2.45) is 0 Å². The van der Waals surface area contributed by atoms with E-state index in [4.69, 9.17) is 0 Å². The van der Waals surface area contributed by atoms with Crippen molar-refractivity contribution in [3.05, 3.63) is 23.1 Å². The average Bonchev–Trinajstić information content (AvgIpc) is 2.29. The van der Waals surface area contributed by atoms with E-state index in [0.717, 1.165) is 16.0 Å². The zero-order chi connectivity index (χ0) is 10.2. The first-order chi connectivity index (χ1) is 5.82. The second-order valence-corrected chi connectivity index (χ2v) is 6.58. The molecular formula is C9H12O2S2. The van der Waals surface area contributed by atoms with E-state index in [1.54, 1.807) is 0 Å². The van der Waals surface area contributed by atoms with Crippen molar-refractivity contribution in [1.29, 1.82) is 0 Å². The van der Waals surface area contributed by atoms with Gasteiger partial charge in [0.25, 0.3) is 0 Å². The Morgan fingerprint density at radius 1 is 1.54 bits per heavy atom. The Labute approximate surface area is 82.8 Å². The molecule has 1 aromatic heterocycles. The molecule has 0 spiro atoms. The summed E-state index contributed by atoms with van der Waals surface area (Å²) in [6, 6.07) is 1.86. The van der Waals surface area contributed by atoms with E-state index in [1.165, 1.54) is 17.6 Å². The number of allylic oxidation sites excluding steroid dienone is 1. The molecule has 0 atom stereocenters. The van der Waals surface area contributed by atoms with Crippen molar-refractivity contribution in [2.45, 2.75) is 18.1 Å². The van der Waals surface area contributed by atoms with Crippen LogP contribution in [0.5, 0.6) is 0 Å². The predicted octanol–water partition coefficient (Wildman–Crippen LogP) is 2.49. The van der Waals surface area contributed by atoms with Gasteiger partial charge in [-0.2, -0.15) is 0 Å². The SMILES string of the molecule is C=C(C)c1cc(C)sc1S(C)(=O)=O. The van der Waals surface area contributed by atoms with Gasteiger partial charge in [-0.05, 0) is 25.5 Å². The highest BCUT2D eigenvalue weighted by molar-refractivity contribution is 7.92. The van der Waals surface area contributed by atoms with E-state index in [2.05, 4.69) is 6.58 Å². The third-order valence-corrected chi connectivity index (χ3v) is 4.51. The maximum absolute atomic E-state index is 11.3. The fourth-order valence-corrected chi connectivity index (χ4v) is 3.51. The number of aryl methyl sites for hydroxylation is 1. The summed E-state index contributed by atoms with van der Waals surface area (Å²) in [5, 5.41) is 0. The molecule has 4 heteroatoms. The Kier molecular flexibility index (Phi) is 2.63. The zero-order valence-corrected chi connectivity index (χ0v) is 9.55. The summed E-state index contributed by atoms with van der Waals surface area (Å²) in [5.41, 5.74) is 1.55. The van der Waals surface area contributed by atoms with Crippen molar-refractivity contribution in [1.82, 2.24) is 0 Å². The van der Waals surface area contributed by atoms with Gasteiger partial charge in [-0.1, -0.05) is 6.58 Å². The summed E-state index contributed by atoms with van der Waals surface area (Å²) in [7, 11) is -3.10. The summed E-state index contributed by atoms with van der Waals surface area (Å²) >= 11 is 1.30. The molecular weight excluding hydrogens is 204 g/mol. The standard InChI is InChI=1S/C9H12O2S2/c1-6(2)8-5-7(3)12-9(8)13(4,10)11/h5H,1H2,2-4H3. The van der Waals surface area contributed by atoms with Crippen LogP contribution >= 0.6 is 11.3 Å². The number of sulfone groups is 1. The molecule has 1 heterocycles. The molecule has 2 nitrogen and oxygen atoms in total. The van der Waals surface area contributed by atoms with E-state index >= 15 is 0 Å². The van der Waals surface area contributed by atoms with Gasteiger partial charge < -0.3 is 0 Å². The minimum absolute atomic E-state index is 0.428. The monoisotopic (exact) mass is 216 g/mol. The molecule has 72 valence electrons. The van der Waals surface area contributed by atoms with Crippen molar-refractivity contribution < 1.29 is 8.42 Å². The van der Waals surface area contributed by atoms with E-state index < -0.39 is 9.84 Å². The highest BCUT2D eigenvalue weighted by atomic mass is 32.2. The molecule has 0 amide bonds. The normalized spacial score (nSPS) is 11.6. The molecule has 0 aliphatic heterocycles. The topological polar surface area (TPSA) is 34.1 Å². The molecule has 0 aliphatic rings. The lowest BCUT2D eigenvalue weighted by Crippen LogP contribution is -1.96. The lowest BCUT2D eigenvalue weighted by atomic mass is 10.2. The van der Waals surface area contributed by atoms with Crippen molar-refractivity contribution >= 4 is 26.7 Å². The van der Waals surface area contributed by atoms with Gasteiger partial charge >= 0.3 is 0 Å². The quantitative estimate of drug-likeness (QED) is 0.761. The highest BCUT2D eigenvalue weighted by Gasteiger charge is 2.16. The fourth-order valence-electron chi connectivity index (χ4n) is 1.07. The summed E-state index contributed by atoms with van der Waals surface area (Å²) < 4.78 is 23.1. The molecule has 0 aromatic carbocycles. The summed E-state index contributed by atoms with van der Waals surface area (Å²) in [6.45, 7) is 7.47. The van der Waals surface area contributed by atoms with Crippen LogP contribution in [-0.4, -0.2) is 14.7 Å². The van der Waals surface area contributed by atoms with E-state index in [9.17, 15) is 8.42 Å². The van der Waals surface area contributed by atoms with Crippen molar-refractivity contribution in [3.8, 4) is 0 Å². The van der Waals surface area contributed by atoms with Crippen LogP contribution in [0.3, 0.4) is 0 Å². The Bertz CT molecular complexity index is 438. The number of thiophene rings is 1. The van der Waals surface area contributed by atoms with Gasteiger partial charge in [-0.25, -0.2) is 8.42 Å². The minimum atomic E-state index is -3.10. The van der Waals surface area contributed by atoms with Crippen LogP contribution in [0.25, 0.3) is 5.57 Å². The second-order valence-electron chi connectivity index (χ2n) is 3.11. The van der Waals surface area contributed by atoms with Gasteiger partial charge in [-0.15, -0.1) is 11.3 Å². The Hall–Kier alpha value is -0.610. The van der Waals surface area contributed by atoms with Gasteiger partial charge in [0, 0.05) is 16.7 Å². The van der Waals surface area contributed by atoms with Gasteiger partial charge in [0.15, 0.2) is 9.84 Å². The van der Waals surface area contributed by atoms with Crippen LogP contribution in [-0.2, 0) is 9.84 Å². The van der Waals surface area contributed by atoms with Crippen LogP contribution < -0.4 is 0 Å². The van der Waals surface area contributed by atoms with E-state index in [-0.39, 0.29) is 0 Å². The molecule has 0 saturated heterocycles. The molecule has 0 saturated carbocycles. The third kappa shape index (κ3) is 2.19. The molecule has 1 aromatic rings. The summed E-state index contributed by atoms with van der Waals surface area (Å²) in [6.07, 6.45) is 1.23. The smallest absolute Gasteiger partial charge is 0.185 e. The molecule has 0 fully saturated rings. The lowest BCUT2D eigenvalue weighted by molar-refractivity contribution is 0.603. The van der Waals surface area contributed by atoms with Crippen LogP contribution in [0, 0.1) is 6.92 Å². The van der Waals surface area contributed by atoms with Gasteiger partial charge in [0.05, 0.1) is 0 Å². The van der Waals surface area contributed by atoms with Crippen LogP contribution in [0.1, 0.15) is 17.4 Å². The molecule has 0 aliphatic carbocycles. The largest absolute Gasteiger partial charge is 0.223 e. The Morgan fingerprint density at radius 3 is 2.38 bits per heavy atom. The summed E-state index contributed by atoms with van der Waals surface area (Å²) in [5.74, 6) is 0. The Balaban J connectivity index is 3.46. The number of rotatable bonds is 2. The molecule has 1 rings (SSSR count). The van der Waals surface area contributed by atoms with Gasteiger partial charge in [0.2, 0.25) is 0 Å². The van der Waals surface area contributed by atoms with Crippen molar-refractivity contribution in [3.63, 3.8) is 0 Å². The first kappa shape index (κ1) is 10.5. The minimum Gasteiger partial charge on any atom is -0.223 e. The van der Waals surface area contributed by atoms with E-state index in [0.29, 0.717) is 4.21 Å². The average molecular weight is 216 g/mol. The Morgan fingerprint density at radius 2 is 2.08 bits per heavy atom. The molecule has 0 unspecified atom stereocenters. The first-order valence-electron chi connectivity index (χ1n) is 3.78.